The largest absolute Gasteiger partial charge is 0.481 e. The van der Waals surface area contributed by atoms with Crippen molar-refractivity contribution in [2.75, 3.05) is 0 Å². The van der Waals surface area contributed by atoms with E-state index >= 15 is 0 Å². The first-order chi connectivity index (χ1) is 7.16. The second kappa shape index (κ2) is 3.56. The van der Waals surface area contributed by atoms with Crippen LogP contribution in [-0.4, -0.2) is 11.1 Å². The Morgan fingerprint density at radius 1 is 2.09 bits per heavy atom. The molecule has 1 aliphatic carbocycles. The lowest BCUT2D eigenvalue weighted by atomic mass is 9.89. The molecule has 0 aromatic carbocycles. The summed E-state index contributed by atoms with van der Waals surface area (Å²) >= 11 is 0. The molecule has 0 amide bonds. The third-order valence-corrected chi connectivity index (χ3v) is 1.92. The van der Waals surface area contributed by atoms with E-state index in [9.17, 15) is 4.79 Å². The van der Waals surface area contributed by atoms with Gasteiger partial charge < -0.3 is 5.11 Å². The lowest BCUT2D eigenvalue weighted by Crippen LogP contribution is -2.15. The van der Waals surface area contributed by atoms with Crippen LogP contribution in [0.25, 0.3) is 0 Å². The van der Waals surface area contributed by atoms with Crippen LogP contribution in [0.3, 0.4) is 0 Å². The summed E-state index contributed by atoms with van der Waals surface area (Å²) in [5.41, 5.74) is 0.199. The van der Waals surface area contributed by atoms with Crippen LogP contribution in [0.2, 0.25) is 0 Å². The monoisotopic (exact) mass is 159 g/mol. The van der Waals surface area contributed by atoms with Crippen molar-refractivity contribution in [2.24, 2.45) is 5.92 Å². The highest BCUT2D eigenvalue weighted by Crippen LogP contribution is 2.24. The summed E-state index contributed by atoms with van der Waals surface area (Å²) in [5.74, 6) is -1.43. The zero-order chi connectivity index (χ0) is 12.6. The van der Waals surface area contributed by atoms with Gasteiger partial charge in [0.1, 0.15) is 0 Å². The molecular weight excluding hydrogens is 140 g/mol. The molecule has 1 rings (SSSR count). The number of hydrogen-bond acceptors (Lipinski definition) is 1. The number of rotatable bonds is 2. The van der Waals surface area contributed by atoms with E-state index in [0.717, 1.165) is 0 Å². The van der Waals surface area contributed by atoms with Gasteiger partial charge in [-0.1, -0.05) is 18.5 Å². The van der Waals surface area contributed by atoms with Crippen molar-refractivity contribution in [1.29, 1.82) is 0 Å². The van der Waals surface area contributed by atoms with E-state index in [1.165, 1.54) is 6.08 Å². The van der Waals surface area contributed by atoms with Gasteiger partial charge in [0, 0.05) is 6.85 Å². The lowest BCUT2D eigenvalue weighted by molar-refractivity contribution is -0.141. The molecule has 0 radical (unpaired) electrons. The molecule has 1 atom stereocenters. The molecule has 0 fully saturated rings. The molecule has 0 bridgehead atoms. The van der Waals surface area contributed by atoms with Crippen molar-refractivity contribution in [3.05, 3.63) is 11.6 Å². The van der Waals surface area contributed by atoms with Crippen LogP contribution in [0, 0.1) is 5.92 Å². The number of allylic oxidation sites excluding steroid dienone is 2. The Balaban J connectivity index is 2.82. The molecule has 0 aromatic heterocycles. The highest BCUT2D eigenvalue weighted by atomic mass is 16.4. The normalized spacial score (nSPS) is 33.6. The molecule has 0 aromatic rings. The molecule has 62 valence electrons. The fourth-order valence-electron chi connectivity index (χ4n) is 1.17. The van der Waals surface area contributed by atoms with Gasteiger partial charge in [-0.2, -0.15) is 0 Å². The van der Waals surface area contributed by atoms with Gasteiger partial charge in [0.05, 0.1) is 5.92 Å². The first-order valence-electron chi connectivity index (χ1n) is 6.08. The number of carboxylic acids is 1. The molecule has 11 heavy (non-hydrogen) atoms. The molecule has 0 saturated heterocycles. The van der Waals surface area contributed by atoms with Crippen LogP contribution >= 0.6 is 0 Å². The van der Waals surface area contributed by atoms with Crippen LogP contribution < -0.4 is 0 Å². The van der Waals surface area contributed by atoms with Gasteiger partial charge in [-0.15, -0.1) is 0 Å². The van der Waals surface area contributed by atoms with E-state index in [4.69, 9.17) is 12.0 Å². The minimum Gasteiger partial charge on any atom is -0.481 e. The first-order valence-corrected chi connectivity index (χ1v) is 3.58. The Bertz CT molecular complexity index is 318. The predicted molar refractivity (Wildman–Crippen MR) is 43.4 cm³/mol. The highest BCUT2D eigenvalue weighted by Gasteiger charge is 2.19. The maximum absolute atomic E-state index is 10.7. The van der Waals surface area contributed by atoms with Crippen molar-refractivity contribution in [2.45, 2.75) is 32.5 Å². The zero-order valence-electron chi connectivity index (χ0n) is 11.1. The van der Waals surface area contributed by atoms with Gasteiger partial charge in [0.25, 0.3) is 0 Å². The van der Waals surface area contributed by atoms with E-state index in [1.54, 1.807) is 0 Å². The van der Waals surface area contributed by atoms with E-state index in [-0.39, 0.29) is 18.4 Å². The third kappa shape index (κ3) is 2.07. The molecule has 0 heterocycles. The first kappa shape index (κ1) is 3.74. The Kier molecular flexibility index (Phi) is 1.21. The van der Waals surface area contributed by atoms with Crippen LogP contribution in [0.5, 0.6) is 0 Å². The number of aliphatic carboxylic acids is 1. The molecule has 1 unspecified atom stereocenters. The minimum absolute atomic E-state index is 0.197. The van der Waals surface area contributed by atoms with Gasteiger partial charge in [0.15, 0.2) is 0 Å². The smallest absolute Gasteiger partial charge is 0.306 e. The molecule has 0 saturated carbocycles. The SMILES string of the molecule is [2H]C([2H])([2H])C([2H])([2H])C1=CCC(C(=O)O)CC1. The molecule has 2 heteroatoms. The van der Waals surface area contributed by atoms with Crippen molar-refractivity contribution >= 4 is 5.97 Å². The number of carboxylic acid groups (broad SMARTS) is 1. The molecule has 1 N–H and O–H groups in total. The fourth-order valence-corrected chi connectivity index (χ4v) is 1.17. The fraction of sp³-hybridized carbons (Fsp3) is 0.667. The summed E-state index contributed by atoms with van der Waals surface area (Å²) in [5, 5.41) is 8.75. The molecule has 0 aliphatic heterocycles. The van der Waals surface area contributed by atoms with Crippen LogP contribution in [0.4, 0.5) is 0 Å². The van der Waals surface area contributed by atoms with Gasteiger partial charge in [-0.05, 0) is 25.6 Å². The molecule has 2 nitrogen and oxygen atoms in total. The van der Waals surface area contributed by atoms with Crippen molar-refractivity contribution in [3.8, 4) is 0 Å². The molecular formula is C9H14O2. The number of carbonyl (C=O) groups is 1. The Labute approximate surface area is 73.9 Å². The predicted octanol–water partition coefficient (Wildman–Crippen LogP) is 2.21. The van der Waals surface area contributed by atoms with E-state index < -0.39 is 25.1 Å². The van der Waals surface area contributed by atoms with Crippen LogP contribution in [0.1, 0.15) is 39.3 Å². The number of hydrogen-bond donors (Lipinski definition) is 1. The summed E-state index contributed by atoms with van der Waals surface area (Å²) in [6.45, 7) is -2.70. The summed E-state index contributed by atoms with van der Waals surface area (Å²) in [7, 11) is 0. The van der Waals surface area contributed by atoms with Gasteiger partial charge in [-0.3, -0.25) is 4.79 Å². The van der Waals surface area contributed by atoms with Crippen molar-refractivity contribution < 1.29 is 16.8 Å². The third-order valence-electron chi connectivity index (χ3n) is 1.92. The van der Waals surface area contributed by atoms with Crippen molar-refractivity contribution in [3.63, 3.8) is 0 Å². The summed E-state index contributed by atoms with van der Waals surface area (Å²) < 4.78 is 36.4. The second-order valence-electron chi connectivity index (χ2n) is 2.66. The van der Waals surface area contributed by atoms with E-state index in [2.05, 4.69) is 0 Å². The molecule has 0 spiro atoms. The second-order valence-corrected chi connectivity index (χ2v) is 2.66. The van der Waals surface area contributed by atoms with Gasteiger partial charge in [-0.25, -0.2) is 0 Å². The highest BCUT2D eigenvalue weighted by molar-refractivity contribution is 5.70. The van der Waals surface area contributed by atoms with Gasteiger partial charge >= 0.3 is 5.97 Å². The summed E-state index contributed by atoms with van der Waals surface area (Å²) in [4.78, 5) is 10.7. The Hall–Kier alpha value is -0.790. The topological polar surface area (TPSA) is 37.3 Å². The maximum atomic E-state index is 10.7. The van der Waals surface area contributed by atoms with Gasteiger partial charge in [0.2, 0.25) is 0 Å². The van der Waals surface area contributed by atoms with Crippen molar-refractivity contribution in [1.82, 2.24) is 0 Å². The average Bonchev–Trinajstić information content (AvgIpc) is 2.16. The maximum Gasteiger partial charge on any atom is 0.306 e. The standard InChI is InChI=1S/C9H14O2/c1-2-7-3-5-8(6-4-7)9(10)11/h3,8H,2,4-6H2,1H3,(H,10,11)/i1D3,2D2. The zero-order valence-corrected chi connectivity index (χ0v) is 6.13. The van der Waals surface area contributed by atoms with E-state index in [1.807, 2.05) is 0 Å². The quantitative estimate of drug-likeness (QED) is 0.627. The summed E-state index contributed by atoms with van der Waals surface area (Å²) in [6.07, 6.45) is -0.218. The Morgan fingerprint density at radius 2 is 2.91 bits per heavy atom. The average molecular weight is 159 g/mol. The van der Waals surface area contributed by atoms with Crippen LogP contribution in [-0.2, 0) is 4.79 Å². The minimum atomic E-state index is -2.70. The summed E-state index contributed by atoms with van der Waals surface area (Å²) in [6, 6.07) is 0. The lowest BCUT2D eigenvalue weighted by Gasteiger charge is -2.17. The molecule has 1 aliphatic rings. The van der Waals surface area contributed by atoms with Crippen LogP contribution in [0.15, 0.2) is 11.6 Å². The van der Waals surface area contributed by atoms with E-state index in [0.29, 0.717) is 6.42 Å². The Morgan fingerprint density at radius 3 is 3.36 bits per heavy atom.